The van der Waals surface area contributed by atoms with Crippen molar-refractivity contribution in [2.24, 2.45) is 0 Å². The van der Waals surface area contributed by atoms with Crippen molar-refractivity contribution >= 4 is 23.0 Å². The number of rotatable bonds is 4. The van der Waals surface area contributed by atoms with Crippen molar-refractivity contribution in [1.29, 1.82) is 5.26 Å². The van der Waals surface area contributed by atoms with Crippen LogP contribution in [0.15, 0.2) is 36.4 Å². The van der Waals surface area contributed by atoms with Gasteiger partial charge in [0, 0.05) is 23.9 Å². The standard InChI is InChI=1S/C15H13ClN2O2/c1-19-11-6-10(7-12(8-11)20-2)18-15-5-3-4-14(16)13(15)9-17/h3-8,18H,1-2H3. The van der Waals surface area contributed by atoms with Crippen molar-refractivity contribution in [3.8, 4) is 17.6 Å². The van der Waals surface area contributed by atoms with Gasteiger partial charge >= 0.3 is 0 Å². The van der Waals surface area contributed by atoms with Crippen LogP contribution in [0, 0.1) is 11.3 Å². The molecule has 0 aliphatic carbocycles. The van der Waals surface area contributed by atoms with Crippen LogP contribution >= 0.6 is 11.6 Å². The van der Waals surface area contributed by atoms with E-state index in [0.717, 1.165) is 5.69 Å². The van der Waals surface area contributed by atoms with Gasteiger partial charge in [-0.25, -0.2) is 0 Å². The smallest absolute Gasteiger partial charge is 0.124 e. The number of nitriles is 1. The van der Waals surface area contributed by atoms with Crippen molar-refractivity contribution in [1.82, 2.24) is 0 Å². The second-order valence-corrected chi connectivity index (χ2v) is 4.41. The molecule has 20 heavy (non-hydrogen) atoms. The van der Waals surface area contributed by atoms with E-state index in [2.05, 4.69) is 11.4 Å². The zero-order valence-electron chi connectivity index (χ0n) is 11.1. The van der Waals surface area contributed by atoms with Crippen LogP contribution < -0.4 is 14.8 Å². The molecular weight excluding hydrogens is 276 g/mol. The minimum Gasteiger partial charge on any atom is -0.497 e. The van der Waals surface area contributed by atoms with Crippen LogP contribution in [0.3, 0.4) is 0 Å². The maximum absolute atomic E-state index is 9.15. The van der Waals surface area contributed by atoms with Crippen molar-refractivity contribution in [2.75, 3.05) is 19.5 Å². The minimum atomic E-state index is 0.399. The van der Waals surface area contributed by atoms with Gasteiger partial charge in [-0.3, -0.25) is 0 Å². The lowest BCUT2D eigenvalue weighted by atomic mass is 10.2. The Morgan fingerprint density at radius 2 is 1.75 bits per heavy atom. The fraction of sp³-hybridized carbons (Fsp3) is 0.133. The summed E-state index contributed by atoms with van der Waals surface area (Å²) >= 11 is 6.00. The maximum Gasteiger partial charge on any atom is 0.124 e. The molecule has 0 spiro atoms. The van der Waals surface area contributed by atoms with Gasteiger partial charge in [-0.05, 0) is 12.1 Å². The predicted octanol–water partition coefficient (Wildman–Crippen LogP) is 3.97. The number of ether oxygens (including phenoxy) is 2. The number of nitrogens with zero attached hydrogens (tertiary/aromatic N) is 1. The zero-order valence-corrected chi connectivity index (χ0v) is 11.9. The minimum absolute atomic E-state index is 0.399. The van der Waals surface area contributed by atoms with Crippen LogP contribution in [0.2, 0.25) is 5.02 Å². The Labute approximate surface area is 122 Å². The second kappa shape index (κ2) is 6.18. The Morgan fingerprint density at radius 3 is 2.30 bits per heavy atom. The van der Waals surface area contributed by atoms with Crippen molar-refractivity contribution < 1.29 is 9.47 Å². The van der Waals surface area contributed by atoms with Gasteiger partial charge in [-0.2, -0.15) is 5.26 Å². The molecule has 4 nitrogen and oxygen atoms in total. The first-order valence-corrected chi connectivity index (χ1v) is 6.24. The first-order chi connectivity index (χ1) is 9.67. The molecule has 1 N–H and O–H groups in total. The Hall–Kier alpha value is -2.38. The van der Waals surface area contributed by atoms with Crippen molar-refractivity contribution in [2.45, 2.75) is 0 Å². The highest BCUT2D eigenvalue weighted by molar-refractivity contribution is 6.32. The van der Waals surface area contributed by atoms with Crippen LogP contribution in [0.25, 0.3) is 0 Å². The van der Waals surface area contributed by atoms with E-state index >= 15 is 0 Å². The molecule has 0 saturated heterocycles. The summed E-state index contributed by atoms with van der Waals surface area (Å²) in [7, 11) is 3.16. The van der Waals surface area contributed by atoms with Crippen LogP contribution in [0.5, 0.6) is 11.5 Å². The Balaban J connectivity index is 2.40. The molecule has 0 aliphatic rings. The Bertz CT molecular complexity index is 643. The average molecular weight is 289 g/mol. The summed E-state index contributed by atoms with van der Waals surface area (Å²) in [4.78, 5) is 0. The zero-order chi connectivity index (χ0) is 14.5. The molecule has 0 amide bonds. The predicted molar refractivity (Wildman–Crippen MR) is 79.0 cm³/mol. The van der Waals surface area contributed by atoms with E-state index in [1.165, 1.54) is 0 Å². The van der Waals surface area contributed by atoms with Gasteiger partial charge in [0.1, 0.15) is 17.6 Å². The maximum atomic E-state index is 9.15. The highest BCUT2D eigenvalue weighted by Gasteiger charge is 2.08. The third-order valence-corrected chi connectivity index (χ3v) is 3.07. The summed E-state index contributed by atoms with van der Waals surface area (Å²) in [5, 5.41) is 12.7. The van der Waals surface area contributed by atoms with E-state index in [1.54, 1.807) is 38.5 Å². The normalized spacial score (nSPS) is 9.70. The van der Waals surface area contributed by atoms with E-state index < -0.39 is 0 Å². The van der Waals surface area contributed by atoms with Gasteiger partial charge in [-0.15, -0.1) is 0 Å². The number of halogens is 1. The fourth-order valence-electron chi connectivity index (χ4n) is 1.78. The second-order valence-electron chi connectivity index (χ2n) is 4.00. The lowest BCUT2D eigenvalue weighted by molar-refractivity contribution is 0.395. The largest absolute Gasteiger partial charge is 0.497 e. The first-order valence-electron chi connectivity index (χ1n) is 5.86. The average Bonchev–Trinajstić information content (AvgIpc) is 2.47. The topological polar surface area (TPSA) is 54.3 Å². The molecule has 102 valence electrons. The number of anilines is 2. The summed E-state index contributed by atoms with van der Waals surface area (Å²) in [6.07, 6.45) is 0. The summed E-state index contributed by atoms with van der Waals surface area (Å²) in [6, 6.07) is 12.7. The summed E-state index contributed by atoms with van der Waals surface area (Å²) in [5.74, 6) is 1.32. The highest BCUT2D eigenvalue weighted by Crippen LogP contribution is 2.30. The molecule has 0 bridgehead atoms. The van der Waals surface area contributed by atoms with Crippen molar-refractivity contribution in [3.63, 3.8) is 0 Å². The Morgan fingerprint density at radius 1 is 1.10 bits per heavy atom. The van der Waals surface area contributed by atoms with Crippen LogP contribution in [-0.4, -0.2) is 14.2 Å². The van der Waals surface area contributed by atoms with Crippen LogP contribution in [0.4, 0.5) is 11.4 Å². The SMILES string of the molecule is COc1cc(Nc2cccc(Cl)c2C#N)cc(OC)c1. The quantitative estimate of drug-likeness (QED) is 0.925. The molecule has 0 radical (unpaired) electrons. The summed E-state index contributed by atoms with van der Waals surface area (Å²) in [5.41, 5.74) is 1.78. The number of methoxy groups -OCH3 is 2. The third kappa shape index (κ3) is 2.95. The number of hydrogen-bond acceptors (Lipinski definition) is 4. The number of nitrogens with one attached hydrogen (secondary N) is 1. The van der Waals surface area contributed by atoms with Gasteiger partial charge in [0.25, 0.3) is 0 Å². The molecule has 0 aliphatic heterocycles. The number of hydrogen-bond donors (Lipinski definition) is 1. The molecule has 0 fully saturated rings. The lowest BCUT2D eigenvalue weighted by Crippen LogP contribution is -1.96. The molecule has 2 aromatic rings. The molecular formula is C15H13ClN2O2. The molecule has 0 aromatic heterocycles. The van der Waals surface area contributed by atoms with Crippen LogP contribution in [-0.2, 0) is 0 Å². The van der Waals surface area contributed by atoms with Gasteiger partial charge in [0.15, 0.2) is 0 Å². The molecule has 2 aromatic carbocycles. The van der Waals surface area contributed by atoms with Gasteiger partial charge in [-0.1, -0.05) is 17.7 Å². The van der Waals surface area contributed by atoms with Crippen LogP contribution in [0.1, 0.15) is 5.56 Å². The summed E-state index contributed by atoms with van der Waals surface area (Å²) in [6.45, 7) is 0. The van der Waals surface area contributed by atoms with Crippen molar-refractivity contribution in [3.05, 3.63) is 47.0 Å². The summed E-state index contributed by atoms with van der Waals surface area (Å²) < 4.78 is 10.4. The molecule has 0 saturated carbocycles. The monoisotopic (exact) mass is 288 g/mol. The van der Waals surface area contributed by atoms with E-state index in [-0.39, 0.29) is 0 Å². The molecule has 5 heteroatoms. The van der Waals surface area contributed by atoms with Gasteiger partial charge < -0.3 is 14.8 Å². The van der Waals surface area contributed by atoms with E-state index in [9.17, 15) is 0 Å². The van der Waals surface area contributed by atoms with E-state index in [0.29, 0.717) is 27.8 Å². The first kappa shape index (κ1) is 14.0. The lowest BCUT2D eigenvalue weighted by Gasteiger charge is -2.12. The van der Waals surface area contributed by atoms with Gasteiger partial charge in [0.05, 0.1) is 30.5 Å². The van der Waals surface area contributed by atoms with Gasteiger partial charge in [0.2, 0.25) is 0 Å². The highest BCUT2D eigenvalue weighted by atomic mass is 35.5. The Kier molecular flexibility index (Phi) is 4.34. The molecule has 0 heterocycles. The van der Waals surface area contributed by atoms with E-state index in [4.69, 9.17) is 26.3 Å². The third-order valence-electron chi connectivity index (χ3n) is 2.76. The molecule has 2 rings (SSSR count). The molecule has 0 unspecified atom stereocenters. The molecule has 0 atom stereocenters. The van der Waals surface area contributed by atoms with E-state index in [1.807, 2.05) is 12.1 Å². The number of benzene rings is 2. The fourth-order valence-corrected chi connectivity index (χ4v) is 1.99.